The third-order valence-corrected chi connectivity index (χ3v) is 5.17. The molecule has 146 valence electrons. The Morgan fingerprint density at radius 2 is 1.75 bits per heavy atom. The minimum Gasteiger partial charge on any atom is -0.478 e. The normalized spacial score (nSPS) is 16.8. The molecular formula is C19H17NO7S. The van der Waals surface area contributed by atoms with Crippen molar-refractivity contribution < 1.29 is 32.0 Å². The van der Waals surface area contributed by atoms with Crippen LogP contribution < -0.4 is 5.73 Å². The molecule has 3 rings (SSSR count). The van der Waals surface area contributed by atoms with Gasteiger partial charge in [0, 0.05) is 5.56 Å². The van der Waals surface area contributed by atoms with Crippen molar-refractivity contribution in [2.24, 2.45) is 5.73 Å². The summed E-state index contributed by atoms with van der Waals surface area (Å²) in [6, 6.07) is 12.2. The number of nitrogens with two attached hydrogens (primary N) is 1. The summed E-state index contributed by atoms with van der Waals surface area (Å²) in [5, 5.41) is 8.93. The largest absolute Gasteiger partial charge is 0.478 e. The van der Waals surface area contributed by atoms with E-state index in [9.17, 15) is 18.0 Å². The summed E-state index contributed by atoms with van der Waals surface area (Å²) in [7, 11) is -4.14. The van der Waals surface area contributed by atoms with Crippen LogP contribution in [0.15, 0.2) is 60.2 Å². The monoisotopic (exact) mass is 403 g/mol. The van der Waals surface area contributed by atoms with Gasteiger partial charge in [0.25, 0.3) is 0 Å². The Morgan fingerprint density at radius 3 is 2.32 bits per heavy atom. The number of ketones is 1. The fourth-order valence-electron chi connectivity index (χ4n) is 2.62. The lowest BCUT2D eigenvalue weighted by atomic mass is 10.0. The third-order valence-electron chi connectivity index (χ3n) is 4.07. The minimum absolute atomic E-state index is 0.0345. The van der Waals surface area contributed by atoms with Crippen LogP contribution in [-0.4, -0.2) is 25.3 Å². The summed E-state index contributed by atoms with van der Waals surface area (Å²) in [6.07, 6.45) is -1.20. The molecule has 0 aliphatic carbocycles. The lowest BCUT2D eigenvalue weighted by Crippen LogP contribution is -2.16. The van der Waals surface area contributed by atoms with Gasteiger partial charge < -0.3 is 19.8 Å². The molecule has 2 aromatic rings. The van der Waals surface area contributed by atoms with Crippen LogP contribution in [0.1, 0.15) is 33.2 Å². The molecule has 1 atom stereocenters. The van der Waals surface area contributed by atoms with E-state index in [1.54, 1.807) is 24.3 Å². The van der Waals surface area contributed by atoms with Crippen LogP contribution in [0, 0.1) is 6.92 Å². The first kappa shape index (κ1) is 19.4. The van der Waals surface area contributed by atoms with Crippen molar-refractivity contribution >= 4 is 21.9 Å². The van der Waals surface area contributed by atoms with E-state index in [2.05, 4.69) is 0 Å². The van der Waals surface area contributed by atoms with Crippen molar-refractivity contribution in [1.29, 1.82) is 0 Å². The fraction of sp³-hybridized carbons (Fsp3) is 0.158. The molecule has 1 aliphatic rings. The number of benzene rings is 2. The number of hydrogen-bond donors (Lipinski definition) is 2. The summed E-state index contributed by atoms with van der Waals surface area (Å²) in [6.45, 7) is 1.87. The van der Waals surface area contributed by atoms with Crippen molar-refractivity contribution in [3.8, 4) is 0 Å². The van der Waals surface area contributed by atoms with Gasteiger partial charge in [0.2, 0.25) is 17.4 Å². The predicted molar refractivity (Wildman–Crippen MR) is 98.3 cm³/mol. The smallest absolute Gasteiger partial charge is 0.335 e. The van der Waals surface area contributed by atoms with Crippen LogP contribution >= 0.6 is 0 Å². The summed E-state index contributed by atoms with van der Waals surface area (Å²) in [4.78, 5) is 23.5. The van der Waals surface area contributed by atoms with E-state index in [0.29, 0.717) is 11.1 Å². The Bertz CT molecular complexity index is 1050. The third kappa shape index (κ3) is 4.15. The molecule has 0 aromatic heterocycles. The highest BCUT2D eigenvalue weighted by molar-refractivity contribution is 7.86. The Kier molecular flexibility index (Phi) is 5.10. The van der Waals surface area contributed by atoms with Gasteiger partial charge in [-0.1, -0.05) is 42.0 Å². The van der Waals surface area contributed by atoms with Crippen LogP contribution in [0.25, 0.3) is 0 Å². The van der Waals surface area contributed by atoms with Crippen molar-refractivity contribution in [2.45, 2.75) is 18.8 Å². The lowest BCUT2D eigenvalue weighted by molar-refractivity contribution is -0.123. The van der Waals surface area contributed by atoms with E-state index in [1.165, 1.54) is 24.3 Å². The average molecular weight is 403 g/mol. The zero-order valence-corrected chi connectivity index (χ0v) is 15.6. The maximum absolute atomic E-state index is 12.5. The average Bonchev–Trinajstić information content (AvgIpc) is 2.91. The van der Waals surface area contributed by atoms with Crippen molar-refractivity contribution in [3.63, 3.8) is 0 Å². The number of carbonyl (C=O) groups is 2. The molecule has 0 radical (unpaired) electrons. The summed E-state index contributed by atoms with van der Waals surface area (Å²) < 4.78 is 34.8. The van der Waals surface area contributed by atoms with Gasteiger partial charge in [-0.2, -0.15) is 8.42 Å². The molecule has 9 heteroatoms. The highest BCUT2D eigenvalue weighted by Gasteiger charge is 2.39. The Labute approximate surface area is 161 Å². The summed E-state index contributed by atoms with van der Waals surface area (Å²) in [5.74, 6) is -3.33. The molecule has 0 saturated carbocycles. The Hall–Kier alpha value is -3.33. The van der Waals surface area contributed by atoms with Gasteiger partial charge in [0.15, 0.2) is 6.10 Å². The molecule has 0 bridgehead atoms. The second-order valence-electron chi connectivity index (χ2n) is 6.25. The fourth-order valence-corrected chi connectivity index (χ4v) is 3.70. The van der Waals surface area contributed by atoms with E-state index < -0.39 is 45.4 Å². The SMILES string of the molecule is Cc1ccc(CS(=O)(=O)OC2=C(N)OC(c3ccc(C(=O)O)cc3)C2=O)cc1. The molecule has 28 heavy (non-hydrogen) atoms. The maximum atomic E-state index is 12.5. The Balaban J connectivity index is 1.75. The number of hydrogen-bond acceptors (Lipinski definition) is 7. The number of rotatable bonds is 6. The van der Waals surface area contributed by atoms with Crippen molar-refractivity contribution in [1.82, 2.24) is 0 Å². The number of aryl methyl sites for hydroxylation is 1. The number of carboxylic acids is 1. The molecule has 1 heterocycles. The number of aromatic carboxylic acids is 1. The van der Waals surface area contributed by atoms with Gasteiger partial charge >= 0.3 is 16.1 Å². The molecule has 2 aromatic carbocycles. The lowest BCUT2D eigenvalue weighted by Gasteiger charge is -2.10. The molecule has 1 unspecified atom stereocenters. The van der Waals surface area contributed by atoms with Crippen LogP contribution in [0.3, 0.4) is 0 Å². The molecule has 0 fully saturated rings. The minimum atomic E-state index is -4.14. The van der Waals surface area contributed by atoms with E-state index >= 15 is 0 Å². The van der Waals surface area contributed by atoms with Crippen LogP contribution in [-0.2, 0) is 29.6 Å². The first-order valence-electron chi connectivity index (χ1n) is 8.18. The highest BCUT2D eigenvalue weighted by atomic mass is 32.2. The zero-order valence-electron chi connectivity index (χ0n) is 14.8. The molecule has 8 nitrogen and oxygen atoms in total. The Morgan fingerprint density at radius 1 is 1.14 bits per heavy atom. The molecule has 1 aliphatic heterocycles. The quantitative estimate of drug-likeness (QED) is 0.700. The maximum Gasteiger partial charge on any atom is 0.335 e. The molecule has 3 N–H and O–H groups in total. The zero-order chi connectivity index (χ0) is 20.5. The van der Waals surface area contributed by atoms with Gasteiger partial charge in [-0.05, 0) is 24.6 Å². The predicted octanol–water partition coefficient (Wildman–Crippen LogP) is 2.01. The van der Waals surface area contributed by atoms with Gasteiger partial charge in [-0.25, -0.2) is 4.79 Å². The topological polar surface area (TPSA) is 133 Å². The standard InChI is InChI=1S/C19H17NO7S/c1-11-2-4-12(5-3-11)10-28(24,25)27-17-15(21)16(26-18(17)20)13-6-8-14(9-7-13)19(22)23/h2-9,16H,10,20H2,1H3,(H,22,23). The first-order chi connectivity index (χ1) is 13.2. The van der Waals surface area contributed by atoms with Crippen LogP contribution in [0.5, 0.6) is 0 Å². The second kappa shape index (κ2) is 7.35. The van der Waals surface area contributed by atoms with Gasteiger partial charge in [0.1, 0.15) is 5.75 Å². The van der Waals surface area contributed by atoms with Crippen LogP contribution in [0.2, 0.25) is 0 Å². The van der Waals surface area contributed by atoms with Crippen LogP contribution in [0.4, 0.5) is 0 Å². The molecular weight excluding hydrogens is 386 g/mol. The van der Waals surface area contributed by atoms with Crippen molar-refractivity contribution in [2.75, 3.05) is 0 Å². The molecule has 0 spiro atoms. The van der Waals surface area contributed by atoms with E-state index in [4.69, 9.17) is 19.8 Å². The van der Waals surface area contributed by atoms with Crippen molar-refractivity contribution in [3.05, 3.63) is 82.4 Å². The summed E-state index contributed by atoms with van der Waals surface area (Å²) in [5.41, 5.74) is 7.48. The highest BCUT2D eigenvalue weighted by Crippen LogP contribution is 2.32. The number of Topliss-reactive ketones (excluding diaryl/α,β-unsaturated/α-hetero) is 1. The van der Waals surface area contributed by atoms with E-state index in [1.807, 2.05) is 6.92 Å². The summed E-state index contributed by atoms with van der Waals surface area (Å²) >= 11 is 0. The van der Waals surface area contributed by atoms with E-state index in [0.717, 1.165) is 5.56 Å². The van der Waals surface area contributed by atoms with Gasteiger partial charge in [-0.3, -0.25) is 4.79 Å². The number of carbonyl (C=O) groups excluding carboxylic acids is 1. The van der Waals surface area contributed by atoms with Gasteiger partial charge in [-0.15, -0.1) is 0 Å². The van der Waals surface area contributed by atoms with Gasteiger partial charge in [0.05, 0.1) is 5.56 Å². The molecule has 0 amide bonds. The number of ether oxygens (including phenoxy) is 1. The van der Waals surface area contributed by atoms with E-state index in [-0.39, 0.29) is 5.56 Å². The number of carboxylic acid groups (broad SMARTS) is 1. The second-order valence-corrected chi connectivity index (χ2v) is 7.82. The molecule has 0 saturated heterocycles. The first-order valence-corrected chi connectivity index (χ1v) is 9.75.